The van der Waals surface area contributed by atoms with Crippen molar-refractivity contribution in [3.8, 4) is 0 Å². The molecule has 0 aliphatic rings. The average molecular weight is 403 g/mol. The van der Waals surface area contributed by atoms with Crippen molar-refractivity contribution in [1.82, 2.24) is 0 Å². The summed E-state index contributed by atoms with van der Waals surface area (Å²) in [7, 11) is -1.68. The molecule has 0 atom stereocenters. The predicted octanol–water partition coefficient (Wildman–Crippen LogP) is -0.0508. The van der Waals surface area contributed by atoms with Crippen LogP contribution in [0.1, 0.15) is 11.1 Å². The number of rotatable bonds is 7. The topological polar surface area (TPSA) is 0 Å². The molecule has 0 heterocycles. The molecule has 0 nitrogen and oxygen atoms in total. The van der Waals surface area contributed by atoms with Crippen LogP contribution in [-0.4, -0.2) is 39.0 Å². The minimum atomic E-state index is -0.838. The van der Waals surface area contributed by atoms with Crippen molar-refractivity contribution in [2.24, 2.45) is 0 Å². The molecular formula is C20H30Cl2P2. The molecule has 0 bridgehead atoms. The molecular weight excluding hydrogens is 373 g/mol. The molecule has 0 saturated carbocycles. The fraction of sp³-hybridized carbons (Fsp3) is 0.400. The zero-order chi connectivity index (χ0) is 16.1. The van der Waals surface area contributed by atoms with Crippen molar-refractivity contribution in [3.63, 3.8) is 0 Å². The van der Waals surface area contributed by atoms with Crippen LogP contribution < -0.4 is 24.8 Å². The van der Waals surface area contributed by atoms with E-state index in [1.54, 1.807) is 0 Å². The highest BCUT2D eigenvalue weighted by Crippen LogP contribution is 2.61. The normalized spacial score (nSPS) is 11.3. The number of hydrogen-bond donors (Lipinski definition) is 0. The van der Waals surface area contributed by atoms with Crippen LogP contribution in [-0.2, 0) is 12.3 Å². The minimum Gasteiger partial charge on any atom is -1.00 e. The fourth-order valence-electron chi connectivity index (χ4n) is 2.85. The van der Waals surface area contributed by atoms with Gasteiger partial charge in [-0.1, -0.05) is 60.7 Å². The lowest BCUT2D eigenvalue weighted by Gasteiger charge is -2.23. The monoisotopic (exact) mass is 402 g/mol. The summed E-state index contributed by atoms with van der Waals surface area (Å²) < 4.78 is 0. The predicted molar refractivity (Wildman–Crippen MR) is 108 cm³/mol. The van der Waals surface area contributed by atoms with Crippen LogP contribution in [0.25, 0.3) is 0 Å². The van der Waals surface area contributed by atoms with E-state index in [0.717, 1.165) is 0 Å². The Labute approximate surface area is 162 Å². The summed E-state index contributed by atoms with van der Waals surface area (Å²) in [6.45, 7) is 10.1. The Balaban J connectivity index is 0.00000264. The average Bonchev–Trinajstić information content (AvgIpc) is 2.47. The van der Waals surface area contributed by atoms with Crippen LogP contribution >= 0.6 is 14.5 Å². The second kappa shape index (κ2) is 10.8. The SMILES string of the molecule is C[P+](C)(CC[P+](C)(C)Cc1ccccc1)Cc1ccccc1.[Cl-].[Cl-]. The minimum absolute atomic E-state index is 0. The van der Waals surface area contributed by atoms with E-state index in [1.807, 2.05) is 0 Å². The van der Waals surface area contributed by atoms with Gasteiger partial charge in [0.2, 0.25) is 0 Å². The maximum atomic E-state index is 2.53. The summed E-state index contributed by atoms with van der Waals surface area (Å²) in [5, 5.41) is 0. The molecule has 0 aliphatic carbocycles. The zero-order valence-electron chi connectivity index (χ0n) is 15.3. The maximum absolute atomic E-state index is 2.53. The highest BCUT2D eigenvalue weighted by molar-refractivity contribution is 7.77. The fourth-order valence-corrected chi connectivity index (χ4v) is 9.90. The molecule has 0 saturated heterocycles. The molecule has 0 radical (unpaired) electrons. The molecule has 2 aromatic rings. The van der Waals surface area contributed by atoms with Gasteiger partial charge < -0.3 is 24.8 Å². The van der Waals surface area contributed by atoms with E-state index in [2.05, 4.69) is 87.3 Å². The van der Waals surface area contributed by atoms with Crippen LogP contribution in [0.5, 0.6) is 0 Å². The van der Waals surface area contributed by atoms with Gasteiger partial charge in [0.05, 0.1) is 24.6 Å². The van der Waals surface area contributed by atoms with Crippen LogP contribution in [0.4, 0.5) is 0 Å². The van der Waals surface area contributed by atoms with E-state index in [4.69, 9.17) is 0 Å². The molecule has 0 amide bonds. The molecule has 0 aromatic heterocycles. The summed E-state index contributed by atoms with van der Waals surface area (Å²) in [4.78, 5) is 0. The van der Waals surface area contributed by atoms with Gasteiger partial charge in [0.25, 0.3) is 0 Å². The van der Waals surface area contributed by atoms with Crippen LogP contribution in [0.2, 0.25) is 0 Å². The summed E-state index contributed by atoms with van der Waals surface area (Å²) in [5.74, 6) is 0. The molecule has 0 unspecified atom stereocenters. The van der Waals surface area contributed by atoms with Gasteiger partial charge in [-0.2, -0.15) is 0 Å². The Morgan fingerprint density at radius 2 is 0.833 bits per heavy atom. The Bertz CT molecular complexity index is 515. The summed E-state index contributed by atoms with van der Waals surface area (Å²) in [5.41, 5.74) is 3.03. The summed E-state index contributed by atoms with van der Waals surface area (Å²) >= 11 is 0. The third kappa shape index (κ3) is 8.82. The Hall–Kier alpha value is -0.120. The van der Waals surface area contributed by atoms with Gasteiger partial charge in [0.1, 0.15) is 0 Å². The molecule has 2 rings (SSSR count). The Morgan fingerprint density at radius 1 is 0.542 bits per heavy atom. The summed E-state index contributed by atoms with van der Waals surface area (Å²) in [6, 6.07) is 22.0. The molecule has 24 heavy (non-hydrogen) atoms. The molecule has 2 aromatic carbocycles. The van der Waals surface area contributed by atoms with E-state index in [9.17, 15) is 0 Å². The lowest BCUT2D eigenvalue weighted by atomic mass is 10.2. The first-order chi connectivity index (χ1) is 10.4. The standard InChI is InChI=1S/C20H30P2.2ClH/c1-21(2,17-19-11-7-5-8-12-19)15-16-22(3,4)18-20-13-9-6-10-14-20;;/h5-14H,15-18H2,1-4H3;2*1H/q+2;;/p-2. The lowest BCUT2D eigenvalue weighted by molar-refractivity contribution is -0.00100. The first kappa shape index (κ1) is 23.9. The maximum Gasteiger partial charge on any atom is 0.0927 e. The summed E-state index contributed by atoms with van der Waals surface area (Å²) in [6.07, 6.45) is 5.43. The highest BCUT2D eigenvalue weighted by Gasteiger charge is 2.33. The first-order valence-electron chi connectivity index (χ1n) is 8.08. The van der Waals surface area contributed by atoms with Crippen LogP contribution in [0.15, 0.2) is 60.7 Å². The molecule has 0 aliphatic heterocycles. The largest absolute Gasteiger partial charge is 1.00 e. The van der Waals surface area contributed by atoms with E-state index in [-0.39, 0.29) is 24.8 Å². The third-order valence-corrected chi connectivity index (χ3v) is 9.88. The van der Waals surface area contributed by atoms with Crippen molar-refractivity contribution in [3.05, 3.63) is 71.8 Å². The van der Waals surface area contributed by atoms with Gasteiger partial charge in [-0.05, 0) is 11.1 Å². The van der Waals surface area contributed by atoms with Crippen molar-refractivity contribution in [1.29, 1.82) is 0 Å². The van der Waals surface area contributed by atoms with Crippen molar-refractivity contribution < 1.29 is 24.8 Å². The van der Waals surface area contributed by atoms with E-state index >= 15 is 0 Å². The van der Waals surface area contributed by atoms with Crippen LogP contribution in [0.3, 0.4) is 0 Å². The second-order valence-electron chi connectivity index (χ2n) is 7.61. The lowest BCUT2D eigenvalue weighted by Crippen LogP contribution is -3.00. The van der Waals surface area contributed by atoms with Gasteiger partial charge in [-0.3, -0.25) is 0 Å². The Kier molecular flexibility index (Phi) is 10.7. The first-order valence-corrected chi connectivity index (χ1v) is 14.2. The van der Waals surface area contributed by atoms with Crippen molar-refractivity contribution in [2.75, 3.05) is 39.0 Å². The zero-order valence-corrected chi connectivity index (χ0v) is 18.6. The van der Waals surface area contributed by atoms with Gasteiger partial charge in [-0.25, -0.2) is 0 Å². The number of halogens is 2. The van der Waals surface area contributed by atoms with Crippen LogP contribution in [0, 0.1) is 0 Å². The molecule has 0 N–H and O–H groups in total. The third-order valence-electron chi connectivity index (χ3n) is 4.22. The number of hydrogen-bond acceptors (Lipinski definition) is 0. The van der Waals surface area contributed by atoms with Gasteiger partial charge >= 0.3 is 0 Å². The molecule has 134 valence electrons. The smallest absolute Gasteiger partial charge is 0.0927 e. The second-order valence-corrected chi connectivity index (χ2v) is 16.9. The number of benzene rings is 2. The molecule has 0 spiro atoms. The van der Waals surface area contributed by atoms with Gasteiger partial charge in [0.15, 0.2) is 0 Å². The van der Waals surface area contributed by atoms with E-state index < -0.39 is 14.5 Å². The Morgan fingerprint density at radius 3 is 1.12 bits per heavy atom. The highest BCUT2D eigenvalue weighted by atomic mass is 35.5. The van der Waals surface area contributed by atoms with Gasteiger partial charge in [-0.15, -0.1) is 0 Å². The van der Waals surface area contributed by atoms with E-state index in [0.29, 0.717) is 0 Å². The van der Waals surface area contributed by atoms with Gasteiger partial charge in [0, 0.05) is 41.2 Å². The molecule has 4 heteroatoms. The quantitative estimate of drug-likeness (QED) is 0.569. The van der Waals surface area contributed by atoms with Crippen molar-refractivity contribution >= 4 is 14.5 Å². The molecule has 0 fully saturated rings. The van der Waals surface area contributed by atoms with E-state index in [1.165, 1.54) is 35.8 Å². The van der Waals surface area contributed by atoms with Crippen molar-refractivity contribution in [2.45, 2.75) is 12.3 Å².